The van der Waals surface area contributed by atoms with Crippen LogP contribution >= 0.6 is 0 Å². The summed E-state index contributed by atoms with van der Waals surface area (Å²) in [6, 6.07) is 17.7. The minimum atomic E-state index is -0.892. The van der Waals surface area contributed by atoms with Gasteiger partial charge in [-0.15, -0.1) is 0 Å². The molecule has 79 heavy (non-hydrogen) atoms. The lowest BCUT2D eigenvalue weighted by atomic mass is 9.96. The van der Waals surface area contributed by atoms with E-state index in [2.05, 4.69) is 87.5 Å². The summed E-state index contributed by atoms with van der Waals surface area (Å²) in [5.41, 5.74) is 14.2. The molecule has 0 bridgehead atoms. The van der Waals surface area contributed by atoms with E-state index in [1.54, 1.807) is 84.0 Å². The molecule has 0 unspecified atom stereocenters. The van der Waals surface area contributed by atoms with Crippen molar-refractivity contribution in [2.45, 2.75) is 53.6 Å². The summed E-state index contributed by atoms with van der Waals surface area (Å²) in [6.45, 7) is 19.5. The molecule has 0 spiro atoms. The Bertz CT molecular complexity index is 2950. The highest BCUT2D eigenvalue weighted by Crippen LogP contribution is 2.24. The Balaban J connectivity index is 0.000000255. The molecule has 0 aliphatic carbocycles. The SMILES string of the molecule is CCN(C)CC.CCN(C)CC.CN(C)C/C=C/C(=O)N1CC(CCn2c(=O)ccc3cnc(Nc4ccc(N)cn4)cc32)C1.CN(C)C/C=C/C(=O)O.Nc1ccc(Nc2cc3c(ccc(=O)n3CCC3CNC3)cn2)nc1. The van der Waals surface area contributed by atoms with Crippen molar-refractivity contribution in [1.82, 2.24) is 58.9 Å². The highest BCUT2D eigenvalue weighted by molar-refractivity contribution is 5.88. The molecule has 6 aromatic heterocycles. The number of likely N-dealkylation sites (N-methyl/N-ethyl adjacent to an activating group) is 2. The molecule has 0 aromatic carbocycles. The van der Waals surface area contributed by atoms with E-state index in [-0.39, 0.29) is 17.0 Å². The van der Waals surface area contributed by atoms with Crippen molar-refractivity contribution < 1.29 is 14.7 Å². The molecule has 8 heterocycles. The Labute approximate surface area is 466 Å². The number of amides is 1. The molecule has 2 aliphatic rings. The first-order valence-electron chi connectivity index (χ1n) is 27.0. The number of nitrogens with two attached hydrogens (primary N) is 2. The molecule has 2 fully saturated rings. The predicted molar refractivity (Wildman–Crippen MR) is 322 cm³/mol. The van der Waals surface area contributed by atoms with Gasteiger partial charge in [-0.3, -0.25) is 14.4 Å². The van der Waals surface area contributed by atoms with Gasteiger partial charge in [0, 0.05) is 98.9 Å². The van der Waals surface area contributed by atoms with E-state index < -0.39 is 5.97 Å². The third-order valence-electron chi connectivity index (χ3n) is 13.1. The average molecular weight is 1090 g/mol. The standard InChI is InChI=1S/C24H29N7O2.C18H20N6O.C6H11NO2.2C5H13N/c1-29(2)10-3-4-23(32)30-15-17(16-30)9-11-31-20-12-22(26-13-18(20)5-8-24(31)33)28-21-7-6-19(25)14-27-21;19-14-2-3-16(22-11-14)23-17-7-15-13(10-21-17)1-4-18(25)24(15)6-5-12-8-20-9-12;1-7(2)5-3-4-6(8)9;2*1-4-6(3)5-2/h3-8,12-14,17H,9-11,15-16,25H2,1-2H3,(H,26,27,28);1-4,7,10-12,20H,5-6,8-9,19H2,(H,21,22,23);3-4H,5H2,1-2H3,(H,8,9);2*4-5H2,1-3H3/b4-3+;;4-3+;;. The maximum absolute atomic E-state index is 12.6. The summed E-state index contributed by atoms with van der Waals surface area (Å²) in [7, 11) is 11.9. The van der Waals surface area contributed by atoms with Crippen molar-refractivity contribution in [2.75, 3.05) is 130 Å². The van der Waals surface area contributed by atoms with Crippen LogP contribution in [-0.2, 0) is 22.7 Å². The summed E-state index contributed by atoms with van der Waals surface area (Å²) < 4.78 is 3.61. The van der Waals surface area contributed by atoms with Crippen LogP contribution in [0.15, 0.2) is 119 Å². The molecule has 0 radical (unpaired) electrons. The first-order valence-corrected chi connectivity index (χ1v) is 27.0. The number of hydrogen-bond acceptors (Lipinski definition) is 17. The second kappa shape index (κ2) is 33.7. The Morgan fingerprint density at radius 3 is 1.38 bits per heavy atom. The predicted octanol–water partition coefficient (Wildman–Crippen LogP) is 5.92. The smallest absolute Gasteiger partial charge is 0.328 e. The minimum Gasteiger partial charge on any atom is -0.478 e. The van der Waals surface area contributed by atoms with Crippen molar-refractivity contribution in [2.24, 2.45) is 11.8 Å². The maximum Gasteiger partial charge on any atom is 0.328 e. The molecular weight excluding hydrogens is 1000 g/mol. The van der Waals surface area contributed by atoms with Crippen molar-refractivity contribution in [3.63, 3.8) is 0 Å². The topological polar surface area (TPSA) is 254 Å². The van der Waals surface area contributed by atoms with Crippen LogP contribution in [0.2, 0.25) is 0 Å². The van der Waals surface area contributed by atoms with E-state index >= 15 is 0 Å². The van der Waals surface area contributed by atoms with Gasteiger partial charge in [-0.2, -0.15) is 0 Å². The van der Waals surface area contributed by atoms with Crippen LogP contribution in [0, 0.1) is 11.8 Å². The number of carboxylic acid groups (broad SMARTS) is 1. The Morgan fingerprint density at radius 2 is 1.03 bits per heavy atom. The van der Waals surface area contributed by atoms with Crippen molar-refractivity contribution >= 4 is 68.3 Å². The van der Waals surface area contributed by atoms with Gasteiger partial charge >= 0.3 is 5.97 Å². The number of anilines is 6. The zero-order valence-electron chi connectivity index (χ0n) is 48.1. The van der Waals surface area contributed by atoms with E-state index in [1.165, 1.54) is 0 Å². The molecule has 21 nitrogen and oxygen atoms in total. The number of pyridine rings is 6. The first kappa shape index (κ1) is 64.0. The quantitative estimate of drug-likeness (QED) is 0.0486. The van der Waals surface area contributed by atoms with Crippen LogP contribution in [0.25, 0.3) is 21.8 Å². The van der Waals surface area contributed by atoms with Gasteiger partial charge in [0.25, 0.3) is 11.1 Å². The van der Waals surface area contributed by atoms with Gasteiger partial charge in [0.1, 0.15) is 23.3 Å². The van der Waals surface area contributed by atoms with E-state index in [0.717, 1.165) is 99.6 Å². The van der Waals surface area contributed by atoms with E-state index in [0.29, 0.717) is 66.1 Å². The Kier molecular flexibility index (Phi) is 27.3. The number of carbonyl (C=O) groups is 2. The third-order valence-corrected chi connectivity index (χ3v) is 13.1. The molecule has 2 saturated heterocycles. The van der Waals surface area contributed by atoms with Crippen molar-refractivity contribution in [3.8, 4) is 0 Å². The largest absolute Gasteiger partial charge is 0.478 e. The zero-order valence-corrected chi connectivity index (χ0v) is 48.1. The number of likely N-dealkylation sites (tertiary alicyclic amines) is 1. The Morgan fingerprint density at radius 1 is 0.608 bits per heavy atom. The summed E-state index contributed by atoms with van der Waals surface area (Å²) in [6.07, 6.45) is 14.8. The fourth-order valence-electron chi connectivity index (χ4n) is 7.58. The van der Waals surface area contributed by atoms with Crippen LogP contribution < -0.4 is 38.5 Å². The number of rotatable bonds is 20. The van der Waals surface area contributed by atoms with E-state index in [1.807, 2.05) is 71.7 Å². The normalized spacial score (nSPS) is 13.3. The fraction of sp³-hybridized carbons (Fsp3) is 0.448. The zero-order chi connectivity index (χ0) is 57.9. The molecule has 8 rings (SSSR count). The van der Waals surface area contributed by atoms with Gasteiger partial charge in [-0.05, 0) is 143 Å². The van der Waals surface area contributed by atoms with Crippen LogP contribution in [0.5, 0.6) is 0 Å². The van der Waals surface area contributed by atoms with Crippen LogP contribution in [0.4, 0.5) is 34.6 Å². The second-order valence-electron chi connectivity index (χ2n) is 20.0. The molecular formula is C58H86N16O5. The van der Waals surface area contributed by atoms with Gasteiger partial charge in [0.15, 0.2) is 0 Å². The van der Waals surface area contributed by atoms with Crippen LogP contribution in [0.3, 0.4) is 0 Å². The van der Waals surface area contributed by atoms with Gasteiger partial charge in [0.05, 0.1) is 34.8 Å². The molecule has 1 amide bonds. The number of fused-ring (bicyclic) bond motifs is 2. The van der Waals surface area contributed by atoms with E-state index in [4.69, 9.17) is 16.6 Å². The lowest BCUT2D eigenvalue weighted by Gasteiger charge is -2.39. The molecule has 6 aromatic rings. The lowest BCUT2D eigenvalue weighted by Crippen LogP contribution is -2.49. The van der Waals surface area contributed by atoms with Gasteiger partial charge in [0.2, 0.25) is 5.91 Å². The highest BCUT2D eigenvalue weighted by atomic mass is 16.4. The van der Waals surface area contributed by atoms with Crippen molar-refractivity contribution in [3.05, 3.63) is 130 Å². The Hall–Kier alpha value is -7.56. The lowest BCUT2D eigenvalue weighted by molar-refractivity contribution is -0.132. The second-order valence-corrected chi connectivity index (χ2v) is 20.0. The number of nitrogens with zero attached hydrogens (tertiary/aromatic N) is 11. The summed E-state index contributed by atoms with van der Waals surface area (Å²) >= 11 is 0. The number of aryl methyl sites for hydroxylation is 2. The molecule has 21 heteroatoms. The number of carbonyl (C=O) groups excluding carboxylic acids is 1. The van der Waals surface area contributed by atoms with Crippen LogP contribution in [-0.4, -0.2) is 178 Å². The number of nitrogen functional groups attached to an aromatic ring is 2. The molecule has 2 aliphatic heterocycles. The molecule has 428 valence electrons. The summed E-state index contributed by atoms with van der Waals surface area (Å²) in [5.74, 6) is 2.73. The maximum atomic E-state index is 12.6. The van der Waals surface area contributed by atoms with Gasteiger partial charge in [-0.1, -0.05) is 39.8 Å². The highest BCUT2D eigenvalue weighted by Gasteiger charge is 2.29. The molecule has 8 N–H and O–H groups in total. The number of carboxylic acids is 1. The number of aromatic nitrogens is 6. The van der Waals surface area contributed by atoms with Crippen LogP contribution in [0.1, 0.15) is 40.5 Å². The van der Waals surface area contributed by atoms with Gasteiger partial charge < -0.3 is 66.2 Å². The molecule has 0 atom stereocenters. The number of aliphatic carboxylic acids is 1. The average Bonchev–Trinajstić information content (AvgIpc) is 3.41. The first-order chi connectivity index (χ1) is 37.8. The van der Waals surface area contributed by atoms with Crippen molar-refractivity contribution in [1.29, 1.82) is 0 Å². The number of nitrogens with one attached hydrogen (secondary N) is 3. The monoisotopic (exact) mass is 1090 g/mol. The summed E-state index contributed by atoms with van der Waals surface area (Å²) in [4.78, 5) is 74.6. The van der Waals surface area contributed by atoms with E-state index in [9.17, 15) is 19.2 Å². The minimum absolute atomic E-state index is 0.0162. The number of hydrogen-bond donors (Lipinski definition) is 6. The molecule has 0 saturated carbocycles. The third kappa shape index (κ3) is 22.7. The van der Waals surface area contributed by atoms with Gasteiger partial charge in [-0.25, -0.2) is 24.7 Å². The summed E-state index contributed by atoms with van der Waals surface area (Å²) in [5, 5.41) is 19.5. The fourth-order valence-corrected chi connectivity index (χ4v) is 7.58.